The van der Waals surface area contributed by atoms with Gasteiger partial charge in [0.2, 0.25) is 0 Å². The quantitative estimate of drug-likeness (QED) is 0.247. The molecule has 1 heterocycles. The van der Waals surface area contributed by atoms with Gasteiger partial charge in [0.25, 0.3) is 0 Å². The van der Waals surface area contributed by atoms with E-state index in [1.165, 1.54) is 0 Å². The number of alkyl halides is 18. The zero-order valence-electron chi connectivity index (χ0n) is 17.1. The van der Waals surface area contributed by atoms with E-state index in [9.17, 15) is 87.4 Å². The highest BCUT2D eigenvalue weighted by Gasteiger charge is 2.94. The van der Waals surface area contributed by atoms with Crippen LogP contribution in [0.15, 0.2) is 30.6 Å². The molecule has 1 unspecified atom stereocenters. The van der Waals surface area contributed by atoms with Gasteiger partial charge in [-0.2, -0.15) is 83.1 Å². The lowest BCUT2D eigenvalue weighted by Crippen LogP contribution is -2.74. The molecular weight excluding hydrogens is 616 g/mol. The van der Waals surface area contributed by atoms with Crippen molar-refractivity contribution in [2.24, 2.45) is 0 Å². The summed E-state index contributed by atoms with van der Waals surface area (Å²) >= 11 is 0. The first kappa shape index (κ1) is 35.8. The number of nitrogens with zero attached hydrogens (tertiary/aromatic N) is 1. The maximum Gasteiger partial charge on any atom is 0.438 e. The molecule has 23 heteroatoms. The Hall–Kier alpha value is -2.20. The van der Waals surface area contributed by atoms with Crippen LogP contribution in [0.2, 0.25) is 0 Å². The summed E-state index contributed by atoms with van der Waals surface area (Å²) in [7, 11) is -7.91. The van der Waals surface area contributed by atoms with E-state index in [0.29, 0.717) is 0 Å². The van der Waals surface area contributed by atoms with E-state index in [2.05, 4.69) is 4.98 Å². The third-order valence-electron chi connectivity index (χ3n) is 4.06. The lowest BCUT2D eigenvalue weighted by molar-refractivity contribution is -0.439. The molecule has 1 rings (SSSR count). The predicted octanol–water partition coefficient (Wildman–Crippen LogP) is 6.65. The van der Waals surface area contributed by atoms with Gasteiger partial charge in [0.1, 0.15) is 0 Å². The Morgan fingerprint density at radius 1 is 0.605 bits per heavy atom. The van der Waals surface area contributed by atoms with Gasteiger partial charge in [-0.25, -0.2) is 4.39 Å². The highest BCUT2D eigenvalue weighted by molar-refractivity contribution is 7.87. The van der Waals surface area contributed by atoms with Gasteiger partial charge >= 0.3 is 57.1 Å². The Bertz CT molecular complexity index is 999. The minimum atomic E-state index is -8.84. The molecule has 0 fully saturated rings. The van der Waals surface area contributed by atoms with Gasteiger partial charge in [0.05, 0.1) is 6.42 Å². The first-order valence-electron chi connectivity index (χ1n) is 8.55. The van der Waals surface area contributed by atoms with Crippen molar-refractivity contribution in [2.45, 2.75) is 59.6 Å². The molecule has 1 N–H and O–H groups in total. The second kappa shape index (κ2) is 10.4. The fourth-order valence-corrected chi connectivity index (χ4v) is 2.44. The molecule has 0 aliphatic rings. The molecule has 224 valence electrons. The average Bonchev–Trinajstić information content (AvgIpc) is 2.72. The molecule has 1 atom stereocenters. The number of halogens is 18. The van der Waals surface area contributed by atoms with E-state index in [-0.39, 0.29) is 0 Å². The fraction of sp³-hybridized carbons (Fsp3) is 0.667. The van der Waals surface area contributed by atoms with Gasteiger partial charge < -0.3 is 0 Å². The minimum absolute atomic E-state index is 1.75. The van der Waals surface area contributed by atoms with E-state index in [1.807, 2.05) is 18.2 Å². The van der Waals surface area contributed by atoms with Gasteiger partial charge in [-0.1, -0.05) is 6.07 Å². The van der Waals surface area contributed by atoms with Crippen LogP contribution in [0, 0.1) is 0 Å². The van der Waals surface area contributed by atoms with Crippen LogP contribution in [0.25, 0.3) is 0 Å². The third-order valence-corrected chi connectivity index (χ3v) is 4.96. The average molecular weight is 625 g/mol. The summed E-state index contributed by atoms with van der Waals surface area (Å²) < 4.78 is 260. The molecule has 0 aliphatic heterocycles. The van der Waals surface area contributed by atoms with Crippen LogP contribution in [-0.2, 0) is 10.1 Å². The summed E-state index contributed by atoms with van der Waals surface area (Å²) in [6, 6.07) is 5.72. The van der Waals surface area contributed by atoms with E-state index < -0.39 is 69.7 Å². The molecule has 0 bridgehead atoms. The lowest BCUT2D eigenvalue weighted by Gasteiger charge is -2.42. The summed E-state index contributed by atoms with van der Waals surface area (Å²) in [5.41, 5.74) is 0. The molecule has 0 aliphatic carbocycles. The van der Waals surface area contributed by atoms with Gasteiger partial charge in [0, 0.05) is 12.4 Å². The van der Waals surface area contributed by atoms with Crippen molar-refractivity contribution in [1.82, 2.24) is 4.98 Å². The molecule has 1 aromatic rings. The van der Waals surface area contributed by atoms with Crippen LogP contribution in [0.5, 0.6) is 0 Å². The SMILES string of the molecule is O=S(=O)(O)C(F)(F)C(F)(F)C(F)(F)C(F)(F)C(F)(F)C(F)(F)C(F)(F)C(F)CC(F)(F)F.c1ccncc1. The maximum atomic E-state index is 13.3. The van der Waals surface area contributed by atoms with Gasteiger partial charge in [0.15, 0.2) is 6.17 Å². The Labute approximate surface area is 198 Å². The molecule has 0 saturated carbocycles. The summed E-state index contributed by atoms with van der Waals surface area (Å²) in [4.78, 5) is 3.78. The normalized spacial score (nSPS) is 16.0. The summed E-state index contributed by atoms with van der Waals surface area (Å²) in [6.45, 7) is 0. The summed E-state index contributed by atoms with van der Waals surface area (Å²) in [5, 5.41) is -7.85. The molecule has 0 radical (unpaired) electrons. The number of pyridine rings is 1. The van der Waals surface area contributed by atoms with Gasteiger partial charge in [-0.05, 0) is 12.1 Å². The van der Waals surface area contributed by atoms with Crippen molar-refractivity contribution < 1.29 is 92.0 Å². The first-order valence-corrected chi connectivity index (χ1v) is 9.99. The number of aromatic nitrogens is 1. The largest absolute Gasteiger partial charge is 0.438 e. The van der Waals surface area contributed by atoms with E-state index in [0.717, 1.165) is 0 Å². The predicted molar refractivity (Wildman–Crippen MR) is 86.0 cm³/mol. The molecule has 0 aromatic carbocycles. The summed E-state index contributed by atoms with van der Waals surface area (Å²) in [5.74, 6) is -50.9. The highest BCUT2D eigenvalue weighted by Crippen LogP contribution is 2.63. The van der Waals surface area contributed by atoms with E-state index in [1.54, 1.807) is 12.4 Å². The van der Waals surface area contributed by atoms with Crippen molar-refractivity contribution in [3.05, 3.63) is 30.6 Å². The fourth-order valence-electron chi connectivity index (χ4n) is 1.99. The number of rotatable bonds is 9. The van der Waals surface area contributed by atoms with Crippen LogP contribution < -0.4 is 0 Å². The second-order valence-electron chi connectivity index (χ2n) is 6.80. The smallest absolute Gasteiger partial charge is 0.281 e. The zero-order valence-corrected chi connectivity index (χ0v) is 17.9. The second-order valence-corrected chi connectivity index (χ2v) is 8.26. The van der Waals surface area contributed by atoms with Crippen LogP contribution >= 0.6 is 0 Å². The van der Waals surface area contributed by atoms with Crippen molar-refractivity contribution in [2.75, 3.05) is 0 Å². The Morgan fingerprint density at radius 2 is 0.947 bits per heavy atom. The van der Waals surface area contributed by atoms with Crippen molar-refractivity contribution in [1.29, 1.82) is 0 Å². The van der Waals surface area contributed by atoms with E-state index >= 15 is 0 Å². The maximum absolute atomic E-state index is 13.3. The topological polar surface area (TPSA) is 67.3 Å². The standard InChI is InChI=1S/C10H4F18O3S.C5H5N/c11-2(1-3(12,13)14)4(15,16)5(17,18)6(19,20)7(21,22)8(23,24)9(25,26)10(27,28)32(29,30)31;1-2-4-6-5-3-1/h2H,1H2,(H,29,30,31);1-5H. The van der Waals surface area contributed by atoms with Crippen LogP contribution in [0.3, 0.4) is 0 Å². The monoisotopic (exact) mass is 625 g/mol. The van der Waals surface area contributed by atoms with E-state index in [4.69, 9.17) is 4.55 Å². The van der Waals surface area contributed by atoms with Crippen molar-refractivity contribution >= 4 is 10.1 Å². The molecule has 38 heavy (non-hydrogen) atoms. The number of hydrogen-bond donors (Lipinski definition) is 1. The third kappa shape index (κ3) is 6.01. The number of hydrogen-bond acceptors (Lipinski definition) is 3. The molecule has 0 saturated heterocycles. The van der Waals surface area contributed by atoms with Crippen molar-refractivity contribution in [3.8, 4) is 0 Å². The van der Waals surface area contributed by atoms with Crippen LogP contribution in [0.1, 0.15) is 6.42 Å². The molecular formula is C15H9F18NO3S. The lowest BCUT2D eigenvalue weighted by atomic mass is 9.89. The van der Waals surface area contributed by atoms with Gasteiger partial charge in [-0.15, -0.1) is 0 Å². The van der Waals surface area contributed by atoms with Crippen LogP contribution in [0.4, 0.5) is 79.0 Å². The Balaban J connectivity index is 0.00000198. The Kier molecular flexibility index (Phi) is 9.81. The Morgan fingerprint density at radius 3 is 1.21 bits per heavy atom. The first-order chi connectivity index (χ1) is 16.4. The molecule has 4 nitrogen and oxygen atoms in total. The molecule has 1 aromatic heterocycles. The zero-order chi connectivity index (χ0) is 31.0. The highest BCUT2D eigenvalue weighted by atomic mass is 32.2. The van der Waals surface area contributed by atoms with Crippen LogP contribution in [-0.4, -0.2) is 71.1 Å². The van der Waals surface area contributed by atoms with Crippen molar-refractivity contribution in [3.63, 3.8) is 0 Å². The molecule has 0 amide bonds. The van der Waals surface area contributed by atoms with Gasteiger partial charge in [-0.3, -0.25) is 9.54 Å². The summed E-state index contributed by atoms with van der Waals surface area (Å²) in [6.07, 6.45) is -12.1. The minimum Gasteiger partial charge on any atom is -0.281 e. The molecule has 0 spiro atoms.